The topological polar surface area (TPSA) is 94.3 Å². The molecule has 0 atom stereocenters. The first-order chi connectivity index (χ1) is 38.2. The Kier molecular flexibility index (Phi) is 34.9. The third-order valence-corrected chi connectivity index (χ3v) is 13.7. The van der Waals surface area contributed by atoms with E-state index in [4.69, 9.17) is 10.6 Å². The van der Waals surface area contributed by atoms with Crippen LogP contribution in [0.3, 0.4) is 0 Å². The first kappa shape index (κ1) is 75.5. The number of H-pyrrole nitrogens is 2. The van der Waals surface area contributed by atoms with Gasteiger partial charge in [0.25, 0.3) is 0 Å². The fourth-order valence-electron chi connectivity index (χ4n) is 9.37. The van der Waals surface area contributed by atoms with Crippen molar-refractivity contribution >= 4 is 80.3 Å². The summed E-state index contributed by atoms with van der Waals surface area (Å²) in [6, 6.07) is 36.8. The van der Waals surface area contributed by atoms with Crippen molar-refractivity contribution in [2.45, 2.75) is 193 Å². The number of allylic oxidation sites excluding steroid dienone is 4. The molecule has 0 amide bonds. The van der Waals surface area contributed by atoms with Gasteiger partial charge >= 0.3 is 46.1 Å². The largest absolute Gasteiger partial charge is 2.00 e. The van der Waals surface area contributed by atoms with Gasteiger partial charge in [0.1, 0.15) is 0 Å². The van der Waals surface area contributed by atoms with Crippen molar-refractivity contribution < 1.29 is 20.0 Å². The van der Waals surface area contributed by atoms with E-state index in [9.17, 15) is 0 Å². The Morgan fingerprint density at radius 2 is 0.651 bits per heavy atom. The third-order valence-electron chi connectivity index (χ3n) is 13.7. The smallest absolute Gasteiger partial charge is 0.661 e. The van der Waals surface area contributed by atoms with Crippen LogP contribution in [-0.2, 0) is 14.1 Å². The Labute approximate surface area is 537 Å². The molecule has 2 heterocycles. The zero-order chi connectivity index (χ0) is 60.5. The zero-order valence-corrected chi connectivity index (χ0v) is 58.4. The number of nitrogens with one attached hydrogen (secondary N) is 4. The van der Waals surface area contributed by atoms with Gasteiger partial charge in [0, 0.05) is 36.1 Å². The van der Waals surface area contributed by atoms with Gasteiger partial charge in [-0.1, -0.05) is 256 Å². The summed E-state index contributed by atoms with van der Waals surface area (Å²) in [5.74, 6) is 3.65. The molecule has 0 fully saturated rings. The van der Waals surface area contributed by atoms with Crippen LogP contribution in [0.1, 0.15) is 236 Å². The second kappa shape index (κ2) is 38.4. The van der Waals surface area contributed by atoms with Gasteiger partial charge in [0.2, 0.25) is 24.0 Å². The SMILES string of the molecule is CC(/C=C(/C)[N-]c1c(C(C)C)cccc1C(C)C)=[NH+]c1c(C(C)C)cccc1C(C)C.CC(/C=C(/C)[N-]c1c(C(C)C)cccc1C(C)C)=[NH+]c1c(C(C)C)cccc1C(C)C.Cc1ccccc1.Cn1[c-][nH+]cc1.Cn1[c-][nH+]cc1.[Mg+2].[Mg+2]. The number of benzene rings is 5. The minimum absolute atomic E-state index is 0. The fraction of sp³-hybridized carbons (Fsp3) is 0.425. The van der Waals surface area contributed by atoms with Crippen LogP contribution >= 0.6 is 0 Å². The molecule has 0 aliphatic rings. The molecule has 0 bridgehead atoms. The van der Waals surface area contributed by atoms with E-state index in [0.29, 0.717) is 47.3 Å². The van der Waals surface area contributed by atoms with Crippen molar-refractivity contribution in [3.05, 3.63) is 225 Å². The van der Waals surface area contributed by atoms with E-state index in [1.165, 1.54) is 61.4 Å². The maximum Gasteiger partial charge on any atom is 2.00 e. The van der Waals surface area contributed by atoms with E-state index in [0.717, 1.165) is 34.2 Å². The van der Waals surface area contributed by atoms with Gasteiger partial charge in [-0.25, -0.2) is 9.98 Å². The van der Waals surface area contributed by atoms with E-state index in [1.807, 2.05) is 66.2 Å². The van der Waals surface area contributed by atoms with E-state index >= 15 is 0 Å². The van der Waals surface area contributed by atoms with Crippen LogP contribution in [-0.4, -0.2) is 66.7 Å². The Morgan fingerprint density at radius 3 is 0.831 bits per heavy atom. The van der Waals surface area contributed by atoms with Gasteiger partial charge in [-0.05, 0) is 91.2 Å². The van der Waals surface area contributed by atoms with Crippen molar-refractivity contribution in [2.75, 3.05) is 0 Å². The predicted molar refractivity (Wildman–Crippen MR) is 359 cm³/mol. The molecule has 5 aromatic carbocycles. The van der Waals surface area contributed by atoms with E-state index in [1.54, 1.807) is 0 Å². The standard InChI is InChI=1S/2C29H41N2.C7H8.2C4H6N2.2Mg/c2*1-18(2)24-13-11-14-25(19(3)4)28(24)30-22(9)17-23(10)31-29-26(20(5)6)15-12-16-27(29)21(7)8;1-7-5-3-2-4-6-7;2*1-6-3-2-5-4-6;;/h2*11-21H,1-10H3;2-6H,1H3;2*2-3,5H,1H3;;/q2*-1;;;;2*+2/p+2/b2*22-17-,31-23?;;;;;. The van der Waals surface area contributed by atoms with Gasteiger partial charge in [0.15, 0.2) is 11.4 Å². The molecule has 7 aromatic rings. The summed E-state index contributed by atoms with van der Waals surface area (Å²) in [6.45, 7) is 46.6. The molecule has 0 unspecified atom stereocenters. The number of hydrogen-bond donors (Lipinski definition) is 2. The number of aryl methyl sites for hydroxylation is 3. The number of hydrogen-bond acceptors (Lipinski definition) is 0. The quantitative estimate of drug-likeness (QED) is 0.0548. The van der Waals surface area contributed by atoms with Crippen LogP contribution in [0.15, 0.2) is 151 Å². The molecule has 2 aromatic heterocycles. The van der Waals surface area contributed by atoms with Crippen LogP contribution in [0.4, 0.5) is 22.7 Å². The summed E-state index contributed by atoms with van der Waals surface area (Å²) in [7, 11) is 3.83. The van der Waals surface area contributed by atoms with Gasteiger partial charge in [-0.2, -0.15) is 11.4 Å². The predicted octanol–water partition coefficient (Wildman–Crippen LogP) is 16.4. The Balaban J connectivity index is 0.000000614. The average Bonchev–Trinajstić information content (AvgIpc) is 4.10. The van der Waals surface area contributed by atoms with Crippen molar-refractivity contribution in [3.8, 4) is 0 Å². The number of rotatable bonds is 16. The minimum Gasteiger partial charge on any atom is -0.661 e. The average molecular weight is 1140 g/mol. The van der Waals surface area contributed by atoms with Crippen LogP contribution in [0.5, 0.6) is 0 Å². The summed E-state index contributed by atoms with van der Waals surface area (Å²) in [4.78, 5) is 13.0. The van der Waals surface area contributed by atoms with Gasteiger partial charge in [-0.3, -0.25) is 0 Å². The molecule has 0 aliphatic carbocycles. The van der Waals surface area contributed by atoms with Crippen molar-refractivity contribution in [1.29, 1.82) is 0 Å². The van der Waals surface area contributed by atoms with Gasteiger partial charge in [0.05, 0.1) is 14.1 Å². The number of nitrogens with zero attached hydrogens (tertiary/aromatic N) is 4. The third kappa shape index (κ3) is 25.7. The van der Waals surface area contributed by atoms with Gasteiger partial charge < -0.3 is 29.7 Å². The van der Waals surface area contributed by atoms with Crippen molar-refractivity contribution in [2.24, 2.45) is 14.1 Å². The summed E-state index contributed by atoms with van der Waals surface area (Å²) >= 11 is 0. The Bertz CT molecular complexity index is 2770. The second-order valence-corrected chi connectivity index (χ2v) is 23.9. The molecule has 0 spiro atoms. The number of para-hydroxylation sites is 4. The van der Waals surface area contributed by atoms with Crippen LogP contribution in [0, 0.1) is 19.6 Å². The van der Waals surface area contributed by atoms with Crippen LogP contribution in [0.25, 0.3) is 10.6 Å². The van der Waals surface area contributed by atoms with Crippen LogP contribution < -0.4 is 20.0 Å². The summed E-state index contributed by atoms with van der Waals surface area (Å²) in [6.07, 6.45) is 17.3. The molecule has 436 valence electrons. The molecular weight excluding hydrogens is 1040 g/mol. The minimum atomic E-state index is 0. The molecular formula is C73H104Mg2N8+4. The molecule has 0 radical (unpaired) electrons. The molecule has 8 nitrogen and oxygen atoms in total. The first-order valence-electron chi connectivity index (χ1n) is 29.6. The normalized spacial score (nSPS) is 11.8. The summed E-state index contributed by atoms with van der Waals surface area (Å²) in [5.41, 5.74) is 21.1. The molecule has 0 saturated carbocycles. The van der Waals surface area contributed by atoms with Crippen molar-refractivity contribution in [3.63, 3.8) is 0 Å². The Morgan fingerprint density at radius 1 is 0.398 bits per heavy atom. The molecule has 0 aliphatic heterocycles. The number of aromatic nitrogens is 4. The number of imidazole rings is 2. The summed E-state index contributed by atoms with van der Waals surface area (Å²) in [5, 5.41) is 10.2. The van der Waals surface area contributed by atoms with E-state index < -0.39 is 0 Å². The summed E-state index contributed by atoms with van der Waals surface area (Å²) < 4.78 is 3.64. The number of aromatic amines is 2. The monoisotopic (exact) mass is 1140 g/mol. The Hall–Kier alpha value is -5.53. The van der Waals surface area contributed by atoms with E-state index in [-0.39, 0.29) is 46.1 Å². The van der Waals surface area contributed by atoms with Gasteiger partial charge in [-0.15, -0.1) is 11.4 Å². The molecule has 4 N–H and O–H groups in total. The second-order valence-electron chi connectivity index (χ2n) is 23.9. The molecule has 83 heavy (non-hydrogen) atoms. The molecule has 7 rings (SSSR count). The maximum atomic E-state index is 5.10. The maximum absolute atomic E-state index is 5.10. The van der Waals surface area contributed by atoms with E-state index in [2.05, 4.69) is 275 Å². The molecule has 0 saturated heterocycles. The first-order valence-corrected chi connectivity index (χ1v) is 29.6. The zero-order valence-electron chi connectivity index (χ0n) is 55.6. The van der Waals surface area contributed by atoms with Crippen LogP contribution in [0.2, 0.25) is 0 Å². The van der Waals surface area contributed by atoms with Crippen molar-refractivity contribution in [1.82, 2.24) is 9.13 Å². The molecule has 10 heteroatoms. The fourth-order valence-corrected chi connectivity index (χ4v) is 9.37.